The molecule has 0 spiro atoms. The molecule has 1 aromatic carbocycles. The van der Waals surface area contributed by atoms with Gasteiger partial charge in [0.1, 0.15) is 5.82 Å². The summed E-state index contributed by atoms with van der Waals surface area (Å²) in [6.45, 7) is 5.04. The number of nitrogens with one attached hydrogen (secondary N) is 1. The molecule has 1 unspecified atom stereocenters. The number of halogens is 2. The average Bonchev–Trinajstić information content (AvgIpc) is 2.25. The topological polar surface area (TPSA) is 12.0 Å². The second-order valence-corrected chi connectivity index (χ2v) is 4.99. The van der Waals surface area contributed by atoms with Crippen LogP contribution in [0.2, 0.25) is 5.02 Å². The number of rotatable bonds is 7. The Balaban J connectivity index is 2.34. The molecule has 0 aromatic heterocycles. The van der Waals surface area contributed by atoms with Crippen LogP contribution in [0.1, 0.15) is 45.1 Å². The van der Waals surface area contributed by atoms with Crippen LogP contribution in [0.5, 0.6) is 0 Å². The highest BCUT2D eigenvalue weighted by atomic mass is 35.5. The van der Waals surface area contributed by atoms with Crippen LogP contribution in [0.4, 0.5) is 4.39 Å². The Bertz CT molecular complexity index is 321. The molecule has 1 rings (SSSR count). The first-order valence-corrected chi connectivity index (χ1v) is 6.68. The molecule has 0 bridgehead atoms. The van der Waals surface area contributed by atoms with E-state index in [4.69, 9.17) is 11.6 Å². The van der Waals surface area contributed by atoms with Crippen molar-refractivity contribution in [3.8, 4) is 0 Å². The highest BCUT2D eigenvalue weighted by Crippen LogP contribution is 2.14. The monoisotopic (exact) mass is 257 g/mol. The number of benzene rings is 1. The van der Waals surface area contributed by atoms with Gasteiger partial charge in [0, 0.05) is 17.6 Å². The summed E-state index contributed by atoms with van der Waals surface area (Å²) < 4.78 is 13.1. The molecule has 0 aliphatic heterocycles. The minimum Gasteiger partial charge on any atom is -0.310 e. The van der Waals surface area contributed by atoms with Crippen LogP contribution in [0.25, 0.3) is 0 Å². The molecule has 0 aliphatic carbocycles. The van der Waals surface area contributed by atoms with Crippen molar-refractivity contribution in [3.05, 3.63) is 34.6 Å². The zero-order valence-electron chi connectivity index (χ0n) is 10.6. The first kappa shape index (κ1) is 14.5. The standard InChI is InChI=1S/C14H21ClFN/c1-3-4-5-6-11(2)17-10-12-7-13(15)9-14(16)8-12/h7-9,11,17H,3-6,10H2,1-2H3. The van der Waals surface area contributed by atoms with Crippen molar-refractivity contribution < 1.29 is 4.39 Å². The van der Waals surface area contributed by atoms with Gasteiger partial charge in [-0.15, -0.1) is 0 Å². The van der Waals surface area contributed by atoms with Crippen molar-refractivity contribution in [2.75, 3.05) is 0 Å². The lowest BCUT2D eigenvalue weighted by molar-refractivity contribution is 0.486. The minimum atomic E-state index is -0.270. The van der Waals surface area contributed by atoms with Crippen LogP contribution in [-0.2, 0) is 6.54 Å². The Morgan fingerprint density at radius 2 is 2.06 bits per heavy atom. The van der Waals surface area contributed by atoms with Crippen molar-refractivity contribution in [2.24, 2.45) is 0 Å². The predicted octanol–water partition coefficient (Wildman–Crippen LogP) is 4.54. The molecule has 17 heavy (non-hydrogen) atoms. The van der Waals surface area contributed by atoms with E-state index < -0.39 is 0 Å². The van der Waals surface area contributed by atoms with Crippen molar-refractivity contribution >= 4 is 11.6 Å². The molecule has 0 radical (unpaired) electrons. The summed E-state index contributed by atoms with van der Waals surface area (Å²) in [7, 11) is 0. The molecule has 0 fully saturated rings. The molecule has 0 heterocycles. The lowest BCUT2D eigenvalue weighted by Gasteiger charge is -2.13. The van der Waals surface area contributed by atoms with Gasteiger partial charge in [0.2, 0.25) is 0 Å². The van der Waals surface area contributed by atoms with Gasteiger partial charge in [-0.3, -0.25) is 0 Å². The lowest BCUT2D eigenvalue weighted by atomic mass is 10.1. The second-order valence-electron chi connectivity index (χ2n) is 4.56. The van der Waals surface area contributed by atoms with E-state index in [0.717, 1.165) is 12.0 Å². The van der Waals surface area contributed by atoms with E-state index in [2.05, 4.69) is 19.2 Å². The van der Waals surface area contributed by atoms with Gasteiger partial charge < -0.3 is 5.32 Å². The molecule has 3 heteroatoms. The van der Waals surface area contributed by atoms with Crippen molar-refractivity contribution in [2.45, 2.75) is 52.1 Å². The summed E-state index contributed by atoms with van der Waals surface area (Å²) in [5, 5.41) is 3.85. The fraction of sp³-hybridized carbons (Fsp3) is 0.571. The fourth-order valence-corrected chi connectivity index (χ4v) is 2.05. The van der Waals surface area contributed by atoms with Crippen molar-refractivity contribution in [1.82, 2.24) is 5.32 Å². The largest absolute Gasteiger partial charge is 0.310 e. The normalized spacial score (nSPS) is 12.7. The van der Waals surface area contributed by atoms with Crippen LogP contribution >= 0.6 is 11.6 Å². The summed E-state index contributed by atoms with van der Waals surface area (Å²) in [4.78, 5) is 0. The third-order valence-corrected chi connectivity index (χ3v) is 3.04. The highest BCUT2D eigenvalue weighted by Gasteiger charge is 2.03. The van der Waals surface area contributed by atoms with Gasteiger partial charge >= 0.3 is 0 Å². The average molecular weight is 258 g/mol. The maximum Gasteiger partial charge on any atom is 0.125 e. The SMILES string of the molecule is CCCCCC(C)NCc1cc(F)cc(Cl)c1. The van der Waals surface area contributed by atoms with E-state index in [1.54, 1.807) is 6.07 Å². The van der Waals surface area contributed by atoms with Crippen molar-refractivity contribution in [3.63, 3.8) is 0 Å². The van der Waals surface area contributed by atoms with Crippen LogP contribution < -0.4 is 5.32 Å². The van der Waals surface area contributed by atoms with Gasteiger partial charge in [0.25, 0.3) is 0 Å². The van der Waals surface area contributed by atoms with E-state index in [-0.39, 0.29) is 5.82 Å². The van der Waals surface area contributed by atoms with Crippen LogP contribution in [-0.4, -0.2) is 6.04 Å². The van der Waals surface area contributed by atoms with Crippen molar-refractivity contribution in [1.29, 1.82) is 0 Å². The Morgan fingerprint density at radius 3 is 2.71 bits per heavy atom. The maximum atomic E-state index is 13.1. The van der Waals surface area contributed by atoms with E-state index in [0.29, 0.717) is 17.6 Å². The maximum absolute atomic E-state index is 13.1. The Hall–Kier alpha value is -0.600. The molecule has 1 nitrogen and oxygen atoms in total. The summed E-state index contributed by atoms with van der Waals surface area (Å²) in [5.41, 5.74) is 0.900. The zero-order chi connectivity index (χ0) is 12.7. The van der Waals surface area contributed by atoms with E-state index in [9.17, 15) is 4.39 Å². The third-order valence-electron chi connectivity index (χ3n) is 2.82. The summed E-state index contributed by atoms with van der Waals surface area (Å²) in [6, 6.07) is 5.12. The lowest BCUT2D eigenvalue weighted by Crippen LogP contribution is -2.25. The summed E-state index contributed by atoms with van der Waals surface area (Å²) in [5.74, 6) is -0.270. The van der Waals surface area contributed by atoms with E-state index in [1.165, 1.54) is 31.4 Å². The van der Waals surface area contributed by atoms with Gasteiger partial charge in [0.05, 0.1) is 0 Å². The van der Waals surface area contributed by atoms with Gasteiger partial charge in [-0.2, -0.15) is 0 Å². The first-order chi connectivity index (χ1) is 8.11. The number of unbranched alkanes of at least 4 members (excludes halogenated alkanes) is 2. The molecule has 1 N–H and O–H groups in total. The quantitative estimate of drug-likeness (QED) is 0.708. The number of hydrogen-bond acceptors (Lipinski definition) is 1. The summed E-state index contributed by atoms with van der Waals surface area (Å²) in [6.07, 6.45) is 4.93. The molecule has 1 atom stereocenters. The van der Waals surface area contributed by atoms with Gasteiger partial charge in [-0.05, 0) is 37.1 Å². The molecule has 0 saturated heterocycles. The van der Waals surface area contributed by atoms with Gasteiger partial charge in [-0.1, -0.05) is 37.8 Å². The van der Waals surface area contributed by atoms with Gasteiger partial charge in [0.15, 0.2) is 0 Å². The second kappa shape index (κ2) is 7.67. The summed E-state index contributed by atoms with van der Waals surface area (Å²) >= 11 is 5.80. The Morgan fingerprint density at radius 1 is 1.29 bits per heavy atom. The molecular weight excluding hydrogens is 237 g/mol. The molecular formula is C14H21ClFN. The van der Waals surface area contributed by atoms with E-state index in [1.807, 2.05) is 0 Å². The third kappa shape index (κ3) is 6.04. The van der Waals surface area contributed by atoms with Gasteiger partial charge in [-0.25, -0.2) is 4.39 Å². The van der Waals surface area contributed by atoms with Crippen LogP contribution in [0.15, 0.2) is 18.2 Å². The number of hydrogen-bond donors (Lipinski definition) is 1. The molecule has 0 saturated carbocycles. The molecule has 1 aromatic rings. The van der Waals surface area contributed by atoms with E-state index >= 15 is 0 Å². The molecule has 0 aliphatic rings. The first-order valence-electron chi connectivity index (χ1n) is 6.30. The Labute approximate surface area is 108 Å². The Kier molecular flexibility index (Phi) is 6.53. The smallest absolute Gasteiger partial charge is 0.125 e. The molecule has 96 valence electrons. The molecule has 0 amide bonds. The zero-order valence-corrected chi connectivity index (χ0v) is 11.4. The fourth-order valence-electron chi connectivity index (χ4n) is 1.81. The highest BCUT2D eigenvalue weighted by molar-refractivity contribution is 6.30. The predicted molar refractivity (Wildman–Crippen MR) is 71.9 cm³/mol. The van der Waals surface area contributed by atoms with Crippen LogP contribution in [0.3, 0.4) is 0 Å². The minimum absolute atomic E-state index is 0.270. The van der Waals surface area contributed by atoms with Crippen LogP contribution in [0, 0.1) is 5.82 Å².